The Bertz CT molecular complexity index is 563. The Morgan fingerprint density at radius 1 is 1.14 bits per heavy atom. The van der Waals surface area contributed by atoms with Crippen molar-refractivity contribution in [2.45, 2.75) is 39.8 Å². The topological polar surface area (TPSA) is 78.5 Å². The quantitative estimate of drug-likeness (QED) is 0.656. The zero-order chi connectivity index (χ0) is 15.2. The van der Waals surface area contributed by atoms with Gasteiger partial charge in [0.25, 0.3) is 0 Å². The van der Waals surface area contributed by atoms with Crippen LogP contribution >= 0.6 is 0 Å². The summed E-state index contributed by atoms with van der Waals surface area (Å²) in [4.78, 5) is 0. The highest BCUT2D eigenvalue weighted by Crippen LogP contribution is 2.15. The largest absolute Gasteiger partial charge is 0.488 e. The minimum Gasteiger partial charge on any atom is -0.423 e. The van der Waals surface area contributed by atoms with E-state index in [9.17, 15) is 10.0 Å². The Kier molecular flexibility index (Phi) is 5.55. The van der Waals surface area contributed by atoms with E-state index < -0.39 is 7.12 Å². The van der Waals surface area contributed by atoms with E-state index in [1.165, 1.54) is 0 Å². The maximum absolute atomic E-state index is 9.35. The van der Waals surface area contributed by atoms with Crippen LogP contribution in [0.4, 0.5) is 0 Å². The molecule has 0 atom stereocenters. The van der Waals surface area contributed by atoms with Crippen molar-refractivity contribution >= 4 is 12.6 Å². The van der Waals surface area contributed by atoms with Gasteiger partial charge in [-0.05, 0) is 17.4 Å². The average molecular weight is 288 g/mol. The van der Waals surface area contributed by atoms with Crippen LogP contribution in [0.2, 0.25) is 0 Å². The fourth-order valence-corrected chi connectivity index (χ4v) is 2.41. The van der Waals surface area contributed by atoms with Crippen molar-refractivity contribution in [1.29, 1.82) is 0 Å². The van der Waals surface area contributed by atoms with Gasteiger partial charge in [-0.15, -0.1) is 0 Å². The molecule has 1 aromatic carbocycles. The molecule has 0 bridgehead atoms. The summed E-state index contributed by atoms with van der Waals surface area (Å²) in [6, 6.07) is 7.28. The van der Waals surface area contributed by atoms with E-state index in [1.807, 2.05) is 19.1 Å². The standard InChI is InChI=1S/C15H21BN2O3/c1-3-14-12(15(4-2)21-18-14)10-17-9-11-7-5-6-8-13(11)16(19)20/h5-8,17,19-20H,3-4,9-10H2,1-2H3. The monoisotopic (exact) mass is 288 g/mol. The number of hydrogen-bond acceptors (Lipinski definition) is 5. The molecule has 21 heavy (non-hydrogen) atoms. The minimum atomic E-state index is -1.45. The van der Waals surface area contributed by atoms with E-state index in [-0.39, 0.29) is 0 Å². The molecule has 2 rings (SSSR count). The van der Waals surface area contributed by atoms with E-state index in [1.54, 1.807) is 12.1 Å². The van der Waals surface area contributed by atoms with Gasteiger partial charge in [-0.3, -0.25) is 0 Å². The maximum Gasteiger partial charge on any atom is 0.488 e. The van der Waals surface area contributed by atoms with E-state index in [2.05, 4.69) is 17.4 Å². The minimum absolute atomic E-state index is 0.529. The Balaban J connectivity index is 2.04. The molecular weight excluding hydrogens is 267 g/mol. The summed E-state index contributed by atoms with van der Waals surface area (Å²) in [6.07, 6.45) is 1.66. The van der Waals surface area contributed by atoms with Gasteiger partial charge in [0.1, 0.15) is 5.76 Å². The lowest BCUT2D eigenvalue weighted by Crippen LogP contribution is -2.34. The summed E-state index contributed by atoms with van der Waals surface area (Å²) in [6.45, 7) is 5.32. The first-order valence-corrected chi connectivity index (χ1v) is 7.28. The molecule has 0 saturated carbocycles. The molecule has 3 N–H and O–H groups in total. The third kappa shape index (κ3) is 3.72. The van der Waals surface area contributed by atoms with Gasteiger partial charge in [0.2, 0.25) is 0 Å². The molecule has 0 aliphatic rings. The second-order valence-corrected chi connectivity index (χ2v) is 4.91. The van der Waals surface area contributed by atoms with Crippen LogP contribution in [0.5, 0.6) is 0 Å². The van der Waals surface area contributed by atoms with Gasteiger partial charge in [0, 0.05) is 25.1 Å². The Labute approximate surface area is 125 Å². The van der Waals surface area contributed by atoms with Crippen molar-refractivity contribution < 1.29 is 14.6 Å². The van der Waals surface area contributed by atoms with Gasteiger partial charge in [-0.2, -0.15) is 0 Å². The number of benzene rings is 1. The lowest BCUT2D eigenvalue weighted by molar-refractivity contribution is 0.379. The first kappa shape index (κ1) is 15.8. The van der Waals surface area contributed by atoms with E-state index in [0.29, 0.717) is 18.6 Å². The van der Waals surface area contributed by atoms with Crippen molar-refractivity contribution in [2.75, 3.05) is 0 Å². The molecule has 6 heteroatoms. The highest BCUT2D eigenvalue weighted by Gasteiger charge is 2.16. The molecule has 5 nitrogen and oxygen atoms in total. The van der Waals surface area contributed by atoms with Crippen LogP contribution in [-0.2, 0) is 25.9 Å². The summed E-state index contributed by atoms with van der Waals surface area (Å²) in [5, 5.41) is 26.1. The van der Waals surface area contributed by atoms with Crippen LogP contribution < -0.4 is 10.8 Å². The normalized spacial score (nSPS) is 10.9. The summed E-state index contributed by atoms with van der Waals surface area (Å²) in [7, 11) is -1.45. The zero-order valence-electron chi connectivity index (χ0n) is 12.5. The highest BCUT2D eigenvalue weighted by atomic mass is 16.5. The van der Waals surface area contributed by atoms with E-state index >= 15 is 0 Å². The Morgan fingerprint density at radius 2 is 1.90 bits per heavy atom. The smallest absolute Gasteiger partial charge is 0.423 e. The number of nitrogens with one attached hydrogen (secondary N) is 1. The van der Waals surface area contributed by atoms with Gasteiger partial charge >= 0.3 is 7.12 Å². The summed E-state index contributed by atoms with van der Waals surface area (Å²) in [5.41, 5.74) is 3.50. The fourth-order valence-electron chi connectivity index (χ4n) is 2.41. The van der Waals surface area contributed by atoms with E-state index in [4.69, 9.17) is 4.52 Å². The summed E-state index contributed by atoms with van der Waals surface area (Å²) < 4.78 is 5.33. The maximum atomic E-state index is 9.35. The van der Waals surface area contributed by atoms with Crippen molar-refractivity contribution in [3.8, 4) is 0 Å². The number of nitrogens with zero attached hydrogens (tertiary/aromatic N) is 1. The predicted octanol–water partition coefficient (Wildman–Crippen LogP) is 0.769. The average Bonchev–Trinajstić information content (AvgIpc) is 2.89. The molecule has 0 saturated heterocycles. The number of aromatic nitrogens is 1. The fraction of sp³-hybridized carbons (Fsp3) is 0.400. The lowest BCUT2D eigenvalue weighted by atomic mass is 9.77. The SMILES string of the molecule is CCc1noc(CC)c1CNCc1ccccc1B(O)O. The van der Waals surface area contributed by atoms with Gasteiger partial charge in [-0.1, -0.05) is 43.3 Å². The zero-order valence-corrected chi connectivity index (χ0v) is 12.5. The first-order valence-electron chi connectivity index (χ1n) is 7.28. The molecule has 0 spiro atoms. The van der Waals surface area contributed by atoms with Gasteiger partial charge in [-0.25, -0.2) is 0 Å². The Morgan fingerprint density at radius 3 is 2.57 bits per heavy atom. The van der Waals surface area contributed by atoms with Gasteiger partial charge in [0.05, 0.1) is 5.69 Å². The number of aryl methyl sites for hydroxylation is 2. The number of hydrogen-bond donors (Lipinski definition) is 3. The number of rotatable bonds is 7. The van der Waals surface area contributed by atoms with Gasteiger partial charge in [0.15, 0.2) is 0 Å². The van der Waals surface area contributed by atoms with Crippen LogP contribution in [0, 0.1) is 0 Å². The molecule has 0 radical (unpaired) electrons. The van der Waals surface area contributed by atoms with Crippen LogP contribution in [0.15, 0.2) is 28.8 Å². The molecule has 0 unspecified atom stereocenters. The van der Waals surface area contributed by atoms with Gasteiger partial charge < -0.3 is 19.9 Å². The van der Waals surface area contributed by atoms with E-state index in [0.717, 1.165) is 35.4 Å². The summed E-state index contributed by atoms with van der Waals surface area (Å²) in [5.74, 6) is 0.912. The Hall–Kier alpha value is -1.63. The van der Waals surface area contributed by atoms with Crippen molar-refractivity contribution in [3.05, 3.63) is 46.8 Å². The second-order valence-electron chi connectivity index (χ2n) is 4.91. The van der Waals surface area contributed by atoms with Crippen LogP contribution in [-0.4, -0.2) is 22.3 Å². The molecular formula is C15H21BN2O3. The van der Waals surface area contributed by atoms with Crippen LogP contribution in [0.25, 0.3) is 0 Å². The van der Waals surface area contributed by atoms with Crippen molar-refractivity contribution in [1.82, 2.24) is 10.5 Å². The molecule has 0 aliphatic heterocycles. The molecule has 0 aliphatic carbocycles. The van der Waals surface area contributed by atoms with Crippen LogP contribution in [0.3, 0.4) is 0 Å². The first-order chi connectivity index (χ1) is 10.2. The third-order valence-electron chi connectivity index (χ3n) is 3.56. The predicted molar refractivity (Wildman–Crippen MR) is 82.1 cm³/mol. The molecule has 2 aromatic rings. The summed E-state index contributed by atoms with van der Waals surface area (Å²) >= 11 is 0. The lowest BCUT2D eigenvalue weighted by Gasteiger charge is -2.10. The highest BCUT2D eigenvalue weighted by molar-refractivity contribution is 6.59. The molecule has 1 aromatic heterocycles. The van der Waals surface area contributed by atoms with Crippen LogP contribution in [0.1, 0.15) is 36.4 Å². The van der Waals surface area contributed by atoms with Crippen molar-refractivity contribution in [2.24, 2.45) is 0 Å². The molecule has 0 amide bonds. The van der Waals surface area contributed by atoms with Crippen molar-refractivity contribution in [3.63, 3.8) is 0 Å². The second kappa shape index (κ2) is 7.40. The molecule has 0 fully saturated rings. The molecule has 1 heterocycles. The third-order valence-corrected chi connectivity index (χ3v) is 3.56. The molecule has 112 valence electrons.